The Balaban J connectivity index is 2.09. The molecule has 0 aliphatic rings. The highest BCUT2D eigenvalue weighted by molar-refractivity contribution is 7.71. The fourth-order valence-electron chi connectivity index (χ4n) is 1.97. The monoisotopic (exact) mass is 334 g/mol. The minimum absolute atomic E-state index is 0.0660. The van der Waals surface area contributed by atoms with Gasteiger partial charge in [0.2, 0.25) is 4.77 Å². The average molecular weight is 334 g/mol. The fraction of sp³-hybridized carbons (Fsp3) is 0. The van der Waals surface area contributed by atoms with Gasteiger partial charge in [-0.3, -0.25) is 0 Å². The number of hydrogen-bond donors (Lipinski definition) is 1. The molecule has 1 heterocycles. The SMILES string of the molecule is Fc1ccccc1-c1n[nH]c(=S)n1/N=C\c1c(F)cccc1F. The molecule has 0 unspecified atom stereocenters. The van der Waals surface area contributed by atoms with Crippen LogP contribution in [0.4, 0.5) is 13.2 Å². The summed E-state index contributed by atoms with van der Waals surface area (Å²) in [4.78, 5) is 0. The van der Waals surface area contributed by atoms with E-state index in [0.29, 0.717) is 0 Å². The first-order chi connectivity index (χ1) is 11.1. The van der Waals surface area contributed by atoms with Crippen LogP contribution in [0.15, 0.2) is 47.6 Å². The van der Waals surface area contributed by atoms with Crippen molar-refractivity contribution in [2.45, 2.75) is 0 Å². The summed E-state index contributed by atoms with van der Waals surface area (Å²) in [7, 11) is 0. The Kier molecular flexibility index (Phi) is 4.07. The molecule has 2 aromatic carbocycles. The van der Waals surface area contributed by atoms with Crippen LogP contribution in [0.5, 0.6) is 0 Å². The van der Waals surface area contributed by atoms with Crippen molar-refractivity contribution in [3.63, 3.8) is 0 Å². The van der Waals surface area contributed by atoms with Crippen LogP contribution in [0.2, 0.25) is 0 Å². The number of halogens is 3. The van der Waals surface area contributed by atoms with E-state index >= 15 is 0 Å². The molecule has 116 valence electrons. The van der Waals surface area contributed by atoms with Crippen LogP contribution in [-0.4, -0.2) is 21.1 Å². The molecule has 0 radical (unpaired) electrons. The maximum atomic E-state index is 13.9. The van der Waals surface area contributed by atoms with Gasteiger partial charge < -0.3 is 0 Å². The molecule has 0 atom stereocenters. The molecule has 0 spiro atoms. The molecule has 0 aliphatic heterocycles. The number of rotatable bonds is 3. The van der Waals surface area contributed by atoms with E-state index in [2.05, 4.69) is 15.3 Å². The number of nitrogens with zero attached hydrogens (tertiary/aromatic N) is 3. The van der Waals surface area contributed by atoms with Crippen molar-refractivity contribution in [1.82, 2.24) is 14.9 Å². The minimum atomic E-state index is -0.767. The van der Waals surface area contributed by atoms with Gasteiger partial charge in [0.1, 0.15) is 17.5 Å². The van der Waals surface area contributed by atoms with Crippen molar-refractivity contribution in [2.24, 2.45) is 5.10 Å². The number of benzene rings is 2. The maximum absolute atomic E-state index is 13.9. The molecule has 0 saturated heterocycles. The van der Waals surface area contributed by atoms with Crippen molar-refractivity contribution >= 4 is 18.4 Å². The first kappa shape index (κ1) is 15.2. The first-order valence-corrected chi connectivity index (χ1v) is 6.89. The largest absolute Gasteiger partial charge is 0.250 e. The molecule has 3 aromatic rings. The lowest BCUT2D eigenvalue weighted by atomic mass is 10.2. The van der Waals surface area contributed by atoms with Crippen molar-refractivity contribution < 1.29 is 13.2 Å². The van der Waals surface area contributed by atoms with Crippen LogP contribution < -0.4 is 0 Å². The topological polar surface area (TPSA) is 46.0 Å². The summed E-state index contributed by atoms with van der Waals surface area (Å²) in [5, 5.41) is 10.3. The summed E-state index contributed by atoms with van der Waals surface area (Å²) in [6, 6.07) is 9.38. The Labute approximate surface area is 133 Å². The third kappa shape index (κ3) is 2.93. The van der Waals surface area contributed by atoms with Gasteiger partial charge in [0.05, 0.1) is 17.3 Å². The smallest absolute Gasteiger partial charge is 0.216 e. The number of aromatic amines is 1. The average Bonchev–Trinajstić information content (AvgIpc) is 2.88. The Morgan fingerprint density at radius 2 is 1.65 bits per heavy atom. The van der Waals surface area contributed by atoms with E-state index in [0.717, 1.165) is 23.0 Å². The van der Waals surface area contributed by atoms with Crippen LogP contribution in [0.25, 0.3) is 11.4 Å². The second kappa shape index (κ2) is 6.17. The highest BCUT2D eigenvalue weighted by Crippen LogP contribution is 2.20. The van der Waals surface area contributed by atoms with Crippen molar-refractivity contribution in [2.75, 3.05) is 0 Å². The summed E-state index contributed by atoms with van der Waals surface area (Å²) >= 11 is 5.02. The summed E-state index contributed by atoms with van der Waals surface area (Å²) in [6.45, 7) is 0. The zero-order valence-electron chi connectivity index (χ0n) is 11.5. The summed E-state index contributed by atoms with van der Waals surface area (Å²) in [5.74, 6) is -1.96. The number of hydrogen-bond acceptors (Lipinski definition) is 3. The van der Waals surface area contributed by atoms with Gasteiger partial charge in [-0.1, -0.05) is 18.2 Å². The standard InChI is InChI=1S/C15H9F3N4S/c16-11-5-2-1-4-9(11)14-20-21-15(23)22(14)19-8-10-12(17)6-3-7-13(10)18/h1-8H,(H,21,23)/b19-8-. The predicted molar refractivity (Wildman–Crippen MR) is 82.2 cm³/mol. The number of nitrogens with one attached hydrogen (secondary N) is 1. The van der Waals surface area contributed by atoms with Gasteiger partial charge in [-0.2, -0.15) is 14.9 Å². The molecule has 0 fully saturated rings. The molecular formula is C15H9F3N4S. The van der Waals surface area contributed by atoms with Gasteiger partial charge in [0, 0.05) is 0 Å². The van der Waals surface area contributed by atoms with Crippen LogP contribution in [0.3, 0.4) is 0 Å². The second-order valence-electron chi connectivity index (χ2n) is 4.52. The summed E-state index contributed by atoms with van der Waals surface area (Å²) < 4.78 is 42.3. The van der Waals surface area contributed by atoms with Gasteiger partial charge in [-0.25, -0.2) is 18.3 Å². The van der Waals surface area contributed by atoms with E-state index in [-0.39, 0.29) is 21.7 Å². The summed E-state index contributed by atoms with van der Waals surface area (Å²) in [6.07, 6.45) is 0.973. The minimum Gasteiger partial charge on any atom is -0.250 e. The van der Waals surface area contributed by atoms with Gasteiger partial charge in [-0.15, -0.1) is 0 Å². The Hall–Kier alpha value is -2.74. The van der Waals surface area contributed by atoms with E-state index in [4.69, 9.17) is 12.2 Å². The van der Waals surface area contributed by atoms with Crippen molar-refractivity contribution in [3.8, 4) is 11.4 Å². The quantitative estimate of drug-likeness (QED) is 0.583. The third-order valence-corrected chi connectivity index (χ3v) is 3.33. The maximum Gasteiger partial charge on any atom is 0.216 e. The molecule has 3 rings (SSSR count). The molecular weight excluding hydrogens is 325 g/mol. The lowest BCUT2D eigenvalue weighted by Gasteiger charge is -2.02. The van der Waals surface area contributed by atoms with Gasteiger partial charge in [0.15, 0.2) is 5.82 Å². The second-order valence-corrected chi connectivity index (χ2v) is 4.91. The van der Waals surface area contributed by atoms with Crippen molar-refractivity contribution in [3.05, 3.63) is 70.3 Å². The Morgan fingerprint density at radius 3 is 2.35 bits per heavy atom. The molecule has 1 N–H and O–H groups in total. The van der Waals surface area contributed by atoms with E-state index in [1.165, 1.54) is 24.3 Å². The summed E-state index contributed by atoms with van der Waals surface area (Å²) in [5.41, 5.74) is -0.166. The van der Waals surface area contributed by atoms with E-state index in [1.807, 2.05) is 0 Å². The molecule has 0 aliphatic carbocycles. The van der Waals surface area contributed by atoms with Crippen LogP contribution in [0, 0.1) is 22.2 Å². The first-order valence-electron chi connectivity index (χ1n) is 6.48. The Morgan fingerprint density at radius 1 is 1.00 bits per heavy atom. The van der Waals surface area contributed by atoms with Crippen LogP contribution in [0.1, 0.15) is 5.56 Å². The van der Waals surface area contributed by atoms with E-state index in [9.17, 15) is 13.2 Å². The molecule has 8 heteroatoms. The molecule has 0 bridgehead atoms. The highest BCUT2D eigenvalue weighted by Gasteiger charge is 2.13. The van der Waals surface area contributed by atoms with E-state index < -0.39 is 17.5 Å². The van der Waals surface area contributed by atoms with Crippen LogP contribution >= 0.6 is 12.2 Å². The lowest BCUT2D eigenvalue weighted by Crippen LogP contribution is -1.99. The predicted octanol–water partition coefficient (Wildman–Crippen LogP) is 3.91. The van der Waals surface area contributed by atoms with Gasteiger partial charge in [-0.05, 0) is 36.5 Å². The molecule has 1 aromatic heterocycles. The third-order valence-electron chi connectivity index (χ3n) is 3.07. The zero-order chi connectivity index (χ0) is 16.4. The number of H-pyrrole nitrogens is 1. The zero-order valence-corrected chi connectivity index (χ0v) is 12.3. The molecule has 0 amide bonds. The highest BCUT2D eigenvalue weighted by atomic mass is 32.1. The Bertz CT molecular complexity index is 926. The van der Waals surface area contributed by atoms with Crippen molar-refractivity contribution in [1.29, 1.82) is 0 Å². The molecule has 23 heavy (non-hydrogen) atoms. The normalized spacial score (nSPS) is 11.3. The van der Waals surface area contributed by atoms with Crippen LogP contribution in [-0.2, 0) is 0 Å². The van der Waals surface area contributed by atoms with E-state index in [1.54, 1.807) is 6.07 Å². The molecule has 0 saturated carbocycles. The molecule has 4 nitrogen and oxygen atoms in total. The number of aromatic nitrogens is 3. The fourth-order valence-corrected chi connectivity index (χ4v) is 2.14. The lowest BCUT2D eigenvalue weighted by molar-refractivity contribution is 0.579. The van der Waals surface area contributed by atoms with Gasteiger partial charge in [0.25, 0.3) is 0 Å². The van der Waals surface area contributed by atoms with Gasteiger partial charge >= 0.3 is 0 Å².